The highest BCUT2D eigenvalue weighted by Crippen LogP contribution is 2.32. The Morgan fingerprint density at radius 3 is 2.25 bits per heavy atom. The molecule has 0 aliphatic carbocycles. The molecule has 1 saturated heterocycles. The molecule has 2 aromatic carbocycles. The molecule has 0 spiro atoms. The molecule has 1 fully saturated rings. The Labute approximate surface area is 189 Å². The fraction of sp³-hybridized carbons (Fsp3) is 0.385. The second kappa shape index (κ2) is 9.35. The lowest BCUT2D eigenvalue weighted by Crippen LogP contribution is -2.41. The first-order chi connectivity index (χ1) is 15.5. The van der Waals surface area contributed by atoms with Gasteiger partial charge in [-0.2, -0.15) is 5.26 Å². The lowest BCUT2D eigenvalue weighted by atomic mass is 9.91. The molecule has 32 heavy (non-hydrogen) atoms. The number of benzene rings is 2. The third-order valence-electron chi connectivity index (χ3n) is 6.07. The van der Waals surface area contributed by atoms with Crippen molar-refractivity contribution >= 4 is 22.8 Å². The number of hydrogen-bond acceptors (Lipinski definition) is 5. The summed E-state index contributed by atoms with van der Waals surface area (Å²) < 4.78 is 0. The van der Waals surface area contributed by atoms with Crippen LogP contribution in [0.25, 0.3) is 11.0 Å². The lowest BCUT2D eigenvalue weighted by molar-refractivity contribution is -0.122. The molecule has 1 aromatic heterocycles. The van der Waals surface area contributed by atoms with Crippen molar-refractivity contribution in [3.05, 3.63) is 65.9 Å². The summed E-state index contributed by atoms with van der Waals surface area (Å²) in [5.41, 5.74) is 2.88. The normalized spacial score (nSPS) is 20.4. The van der Waals surface area contributed by atoms with Crippen LogP contribution in [0.5, 0.6) is 0 Å². The maximum Gasteiger partial charge on any atom is 0.244 e. The largest absolute Gasteiger partial charge is 0.355 e. The molecule has 164 valence electrons. The standard InChI is InChI=1S/C26H29N5O/c1-17-13-18(2)16-31(15-17)25-24(29-22-11-7-8-12-23(22)30-25)21(14-27)26(32)28-19(3)20-9-5-4-6-10-20/h4-12,17-19,21H,13,15-16H2,1-3H3,(H,28,32)/t17-,18-,19+,21-/m1/s1. The van der Waals surface area contributed by atoms with Crippen LogP contribution in [-0.4, -0.2) is 29.0 Å². The van der Waals surface area contributed by atoms with Gasteiger partial charge in [-0.3, -0.25) is 4.79 Å². The van der Waals surface area contributed by atoms with Gasteiger partial charge >= 0.3 is 0 Å². The van der Waals surface area contributed by atoms with Gasteiger partial charge in [-0.25, -0.2) is 9.97 Å². The average Bonchev–Trinajstić information content (AvgIpc) is 2.79. The molecule has 1 aliphatic heterocycles. The van der Waals surface area contributed by atoms with Crippen molar-refractivity contribution in [3.8, 4) is 6.07 Å². The predicted molar refractivity (Wildman–Crippen MR) is 126 cm³/mol. The number of piperidine rings is 1. The van der Waals surface area contributed by atoms with E-state index in [4.69, 9.17) is 9.97 Å². The van der Waals surface area contributed by atoms with Crippen LogP contribution in [0, 0.1) is 23.2 Å². The summed E-state index contributed by atoms with van der Waals surface area (Å²) >= 11 is 0. The van der Waals surface area contributed by atoms with Crippen LogP contribution < -0.4 is 10.2 Å². The zero-order chi connectivity index (χ0) is 22.7. The highest BCUT2D eigenvalue weighted by molar-refractivity contribution is 5.89. The van der Waals surface area contributed by atoms with E-state index in [1.54, 1.807) is 0 Å². The van der Waals surface area contributed by atoms with Gasteiger partial charge in [0.05, 0.1) is 23.1 Å². The Morgan fingerprint density at radius 1 is 1.03 bits per heavy atom. The second-order valence-corrected chi connectivity index (χ2v) is 8.98. The lowest BCUT2D eigenvalue weighted by Gasteiger charge is -2.36. The van der Waals surface area contributed by atoms with E-state index < -0.39 is 5.92 Å². The average molecular weight is 428 g/mol. The van der Waals surface area contributed by atoms with E-state index in [2.05, 4.69) is 30.1 Å². The maximum atomic E-state index is 13.2. The van der Waals surface area contributed by atoms with Crippen molar-refractivity contribution in [3.63, 3.8) is 0 Å². The number of rotatable bonds is 5. The molecule has 1 N–H and O–H groups in total. The number of aromatic nitrogens is 2. The molecule has 0 unspecified atom stereocenters. The van der Waals surface area contributed by atoms with E-state index in [0.29, 0.717) is 28.9 Å². The van der Waals surface area contributed by atoms with Gasteiger partial charge in [-0.1, -0.05) is 56.3 Å². The number of fused-ring (bicyclic) bond motifs is 1. The summed E-state index contributed by atoms with van der Waals surface area (Å²) in [7, 11) is 0. The molecule has 0 radical (unpaired) electrons. The van der Waals surface area contributed by atoms with Crippen molar-refractivity contribution < 1.29 is 4.79 Å². The van der Waals surface area contributed by atoms with Gasteiger partial charge in [-0.15, -0.1) is 0 Å². The van der Waals surface area contributed by atoms with Crippen LogP contribution in [-0.2, 0) is 4.79 Å². The van der Waals surface area contributed by atoms with Gasteiger partial charge in [0, 0.05) is 13.1 Å². The van der Waals surface area contributed by atoms with Gasteiger partial charge in [0.25, 0.3) is 0 Å². The number of anilines is 1. The van der Waals surface area contributed by atoms with Gasteiger partial charge < -0.3 is 10.2 Å². The summed E-state index contributed by atoms with van der Waals surface area (Å²) in [5, 5.41) is 13.0. The first-order valence-corrected chi connectivity index (χ1v) is 11.2. The second-order valence-electron chi connectivity index (χ2n) is 8.98. The van der Waals surface area contributed by atoms with Crippen LogP contribution in [0.15, 0.2) is 54.6 Å². The minimum absolute atomic E-state index is 0.216. The Kier molecular flexibility index (Phi) is 6.36. The smallest absolute Gasteiger partial charge is 0.244 e. The number of nitrogens with zero attached hydrogens (tertiary/aromatic N) is 4. The van der Waals surface area contributed by atoms with E-state index in [1.165, 1.54) is 0 Å². The van der Waals surface area contributed by atoms with Crippen LogP contribution in [0.4, 0.5) is 5.82 Å². The number of para-hydroxylation sites is 2. The van der Waals surface area contributed by atoms with Gasteiger partial charge in [0.2, 0.25) is 5.91 Å². The molecule has 4 atom stereocenters. The number of hydrogen-bond donors (Lipinski definition) is 1. The van der Waals surface area contributed by atoms with Crippen molar-refractivity contribution in [2.75, 3.05) is 18.0 Å². The van der Waals surface area contributed by atoms with Crippen LogP contribution in [0.3, 0.4) is 0 Å². The van der Waals surface area contributed by atoms with E-state index in [-0.39, 0.29) is 11.9 Å². The van der Waals surface area contributed by atoms with E-state index in [0.717, 1.165) is 30.6 Å². The molecule has 3 aromatic rings. The first-order valence-electron chi connectivity index (χ1n) is 11.2. The summed E-state index contributed by atoms with van der Waals surface area (Å²) in [6.45, 7) is 8.05. The van der Waals surface area contributed by atoms with Crippen molar-refractivity contribution in [1.82, 2.24) is 15.3 Å². The van der Waals surface area contributed by atoms with Crippen LogP contribution >= 0.6 is 0 Å². The van der Waals surface area contributed by atoms with Gasteiger partial charge in [0.15, 0.2) is 11.7 Å². The third kappa shape index (κ3) is 4.57. The van der Waals surface area contributed by atoms with E-state index in [9.17, 15) is 10.1 Å². The zero-order valence-corrected chi connectivity index (χ0v) is 18.8. The minimum Gasteiger partial charge on any atom is -0.355 e. The maximum absolute atomic E-state index is 13.2. The monoisotopic (exact) mass is 427 g/mol. The third-order valence-corrected chi connectivity index (χ3v) is 6.07. The Bertz CT molecular complexity index is 1130. The minimum atomic E-state index is -1.04. The molecule has 0 bridgehead atoms. The molecule has 6 nitrogen and oxygen atoms in total. The van der Waals surface area contributed by atoms with Crippen LogP contribution in [0.1, 0.15) is 50.4 Å². The summed E-state index contributed by atoms with van der Waals surface area (Å²) in [5.74, 6) is 0.268. The quantitative estimate of drug-likeness (QED) is 0.644. The van der Waals surface area contributed by atoms with Crippen molar-refractivity contribution in [1.29, 1.82) is 5.26 Å². The number of amides is 1. The van der Waals surface area contributed by atoms with E-state index >= 15 is 0 Å². The van der Waals surface area contributed by atoms with E-state index in [1.807, 2.05) is 61.5 Å². The summed E-state index contributed by atoms with van der Waals surface area (Å²) in [6, 6.07) is 19.3. The fourth-order valence-corrected chi connectivity index (χ4v) is 4.63. The number of nitriles is 1. The van der Waals surface area contributed by atoms with Crippen molar-refractivity contribution in [2.45, 2.75) is 39.2 Å². The molecule has 1 amide bonds. The summed E-state index contributed by atoms with van der Waals surface area (Å²) in [4.78, 5) is 25.1. The number of carbonyl (C=O) groups excluding carboxylic acids is 1. The molecule has 0 saturated carbocycles. The molecule has 1 aliphatic rings. The molecule has 4 rings (SSSR count). The topological polar surface area (TPSA) is 81.9 Å². The SMILES string of the molecule is C[C@@H]1C[C@@H](C)CN(c2nc3ccccc3nc2[C@@H](C#N)C(=O)N[C@@H](C)c2ccccc2)C1. The Hall–Kier alpha value is -3.46. The zero-order valence-electron chi connectivity index (χ0n) is 18.8. The van der Waals surface area contributed by atoms with Crippen LogP contribution in [0.2, 0.25) is 0 Å². The van der Waals surface area contributed by atoms with Gasteiger partial charge in [-0.05, 0) is 42.9 Å². The fourth-order valence-electron chi connectivity index (χ4n) is 4.63. The molecular weight excluding hydrogens is 398 g/mol. The molecule has 2 heterocycles. The highest BCUT2D eigenvalue weighted by atomic mass is 16.2. The Balaban J connectivity index is 1.71. The predicted octanol–water partition coefficient (Wildman–Crippen LogP) is 4.60. The number of carbonyl (C=O) groups is 1. The van der Waals surface area contributed by atoms with Gasteiger partial charge in [0.1, 0.15) is 5.69 Å². The molecular formula is C26H29N5O. The first kappa shape index (κ1) is 21.8. The summed E-state index contributed by atoms with van der Waals surface area (Å²) in [6.07, 6.45) is 1.16. The van der Waals surface area contributed by atoms with Crippen molar-refractivity contribution in [2.24, 2.45) is 11.8 Å². The molecule has 6 heteroatoms. The highest BCUT2D eigenvalue weighted by Gasteiger charge is 2.32. The Morgan fingerprint density at radius 2 is 1.62 bits per heavy atom. The number of nitrogens with one attached hydrogen (secondary N) is 1.